The van der Waals surface area contributed by atoms with Gasteiger partial charge in [-0.3, -0.25) is 4.79 Å². The van der Waals surface area contributed by atoms with Gasteiger partial charge in [0.25, 0.3) is 0 Å². The van der Waals surface area contributed by atoms with E-state index in [-0.39, 0.29) is 18.1 Å². The van der Waals surface area contributed by atoms with E-state index in [1.807, 2.05) is 0 Å². The second kappa shape index (κ2) is 6.54. The molecule has 1 aromatic rings. The van der Waals surface area contributed by atoms with Crippen LogP contribution in [-0.4, -0.2) is 58.7 Å². The summed E-state index contributed by atoms with van der Waals surface area (Å²) in [6.07, 6.45) is 4.78. The van der Waals surface area contributed by atoms with Gasteiger partial charge in [-0.05, 0) is 19.3 Å². The van der Waals surface area contributed by atoms with E-state index >= 15 is 0 Å². The van der Waals surface area contributed by atoms with Gasteiger partial charge in [0.15, 0.2) is 0 Å². The van der Waals surface area contributed by atoms with Crippen molar-refractivity contribution in [2.24, 2.45) is 5.73 Å². The summed E-state index contributed by atoms with van der Waals surface area (Å²) in [6, 6.07) is -1.14. The zero-order chi connectivity index (χ0) is 15.5. The second-order valence-corrected chi connectivity index (χ2v) is 7.29. The minimum absolute atomic E-state index is 0.0736. The fourth-order valence-electron chi connectivity index (χ4n) is 2.44. The predicted octanol–water partition coefficient (Wildman–Crippen LogP) is -0.279. The molecule has 118 valence electrons. The molecule has 0 amide bonds. The number of carbonyl (C=O) groups is 1. The molecule has 0 saturated carbocycles. The first-order valence-electron chi connectivity index (χ1n) is 6.85. The summed E-state index contributed by atoms with van der Waals surface area (Å²) in [5.41, 5.74) is 5.34. The monoisotopic (exact) mass is 316 g/mol. The number of aromatic nitrogens is 2. The van der Waals surface area contributed by atoms with Crippen LogP contribution < -0.4 is 5.73 Å². The molecule has 1 aromatic heterocycles. The van der Waals surface area contributed by atoms with Crippen LogP contribution in [-0.2, 0) is 14.8 Å². The van der Waals surface area contributed by atoms with Gasteiger partial charge >= 0.3 is 5.97 Å². The summed E-state index contributed by atoms with van der Waals surface area (Å²) in [5.74, 6) is -0.277. The molecule has 1 saturated heterocycles. The molecule has 0 aromatic carbocycles. The maximum atomic E-state index is 12.2. The van der Waals surface area contributed by atoms with E-state index in [2.05, 4.69) is 9.97 Å². The van der Waals surface area contributed by atoms with Crippen LogP contribution >= 0.6 is 0 Å². The number of sulfonamides is 1. The van der Waals surface area contributed by atoms with Crippen molar-refractivity contribution in [1.82, 2.24) is 14.3 Å². The Kier molecular flexibility index (Phi) is 4.96. The topological polar surface area (TPSA) is 129 Å². The standard InChI is InChI=1S/C12H20N4O4S/c13-10(12(17)18)3-8-21(19,20)16-6-1-9(2-7-16)11-14-4-5-15-11/h4-5,9-10H,1-3,6-8,13H2,(H,14,15)(H,17,18)/t10-/m0/s1. The lowest BCUT2D eigenvalue weighted by molar-refractivity contribution is -0.138. The van der Waals surface area contributed by atoms with E-state index in [1.54, 1.807) is 12.4 Å². The van der Waals surface area contributed by atoms with E-state index in [0.717, 1.165) is 5.82 Å². The second-order valence-electron chi connectivity index (χ2n) is 5.20. The Morgan fingerprint density at radius 2 is 2.19 bits per heavy atom. The molecule has 0 unspecified atom stereocenters. The average molecular weight is 316 g/mol. The number of rotatable bonds is 6. The number of H-pyrrole nitrogens is 1. The van der Waals surface area contributed by atoms with E-state index in [9.17, 15) is 13.2 Å². The molecule has 8 nitrogen and oxygen atoms in total. The number of aromatic amines is 1. The SMILES string of the molecule is N[C@@H](CCS(=O)(=O)N1CCC(c2ncc[nH]2)CC1)C(=O)O. The van der Waals surface area contributed by atoms with E-state index in [0.29, 0.717) is 25.9 Å². The molecule has 1 atom stereocenters. The molecule has 0 aliphatic carbocycles. The Morgan fingerprint density at radius 1 is 1.52 bits per heavy atom. The third kappa shape index (κ3) is 4.02. The highest BCUT2D eigenvalue weighted by Crippen LogP contribution is 2.26. The van der Waals surface area contributed by atoms with Crippen molar-refractivity contribution in [3.63, 3.8) is 0 Å². The Hall–Kier alpha value is -1.45. The van der Waals surface area contributed by atoms with Gasteiger partial charge in [-0.2, -0.15) is 0 Å². The Morgan fingerprint density at radius 3 is 2.71 bits per heavy atom. The third-order valence-electron chi connectivity index (χ3n) is 3.76. The molecule has 2 rings (SSSR count). The van der Waals surface area contributed by atoms with Gasteiger partial charge in [-0.15, -0.1) is 0 Å². The molecule has 9 heteroatoms. The van der Waals surface area contributed by atoms with Crippen molar-refractivity contribution in [3.05, 3.63) is 18.2 Å². The van der Waals surface area contributed by atoms with Crippen LogP contribution in [0.25, 0.3) is 0 Å². The Bertz CT molecular complexity index is 564. The van der Waals surface area contributed by atoms with Gasteiger partial charge < -0.3 is 15.8 Å². The van der Waals surface area contributed by atoms with Crippen LogP contribution in [0.15, 0.2) is 12.4 Å². The number of aliphatic carboxylic acids is 1. The van der Waals surface area contributed by atoms with E-state index in [4.69, 9.17) is 10.8 Å². The first-order valence-corrected chi connectivity index (χ1v) is 8.46. The fraction of sp³-hybridized carbons (Fsp3) is 0.667. The van der Waals surface area contributed by atoms with Crippen LogP contribution in [0.3, 0.4) is 0 Å². The highest BCUT2D eigenvalue weighted by atomic mass is 32.2. The fourth-order valence-corrected chi connectivity index (χ4v) is 4.01. The molecule has 0 radical (unpaired) electrons. The molecule has 0 spiro atoms. The highest BCUT2D eigenvalue weighted by Gasteiger charge is 2.30. The van der Waals surface area contributed by atoms with Crippen LogP contribution in [0.4, 0.5) is 0 Å². The van der Waals surface area contributed by atoms with Gasteiger partial charge in [-0.25, -0.2) is 17.7 Å². The predicted molar refractivity (Wildman–Crippen MR) is 76.2 cm³/mol. The van der Waals surface area contributed by atoms with Crippen molar-refractivity contribution in [1.29, 1.82) is 0 Å². The van der Waals surface area contributed by atoms with E-state index < -0.39 is 22.0 Å². The number of hydrogen-bond donors (Lipinski definition) is 3. The molecule has 2 heterocycles. The first kappa shape index (κ1) is 15.9. The van der Waals surface area contributed by atoms with Gasteiger partial charge in [0.1, 0.15) is 11.9 Å². The number of nitrogens with two attached hydrogens (primary N) is 1. The van der Waals surface area contributed by atoms with Crippen LogP contribution in [0.5, 0.6) is 0 Å². The maximum absolute atomic E-state index is 12.2. The van der Waals surface area contributed by atoms with Crippen molar-refractivity contribution < 1.29 is 18.3 Å². The number of imidazole rings is 1. The molecular weight excluding hydrogens is 296 g/mol. The number of piperidine rings is 1. The number of carboxylic acids is 1. The largest absolute Gasteiger partial charge is 0.480 e. The van der Waals surface area contributed by atoms with Crippen molar-refractivity contribution in [3.8, 4) is 0 Å². The number of hydrogen-bond acceptors (Lipinski definition) is 5. The van der Waals surface area contributed by atoms with Gasteiger partial charge in [0.2, 0.25) is 10.0 Å². The Balaban J connectivity index is 1.87. The number of carboxylic acid groups (broad SMARTS) is 1. The van der Waals surface area contributed by atoms with Crippen molar-refractivity contribution in [2.45, 2.75) is 31.2 Å². The summed E-state index contributed by atoms with van der Waals surface area (Å²) in [6.45, 7) is 0.853. The van der Waals surface area contributed by atoms with Crippen LogP contribution in [0.1, 0.15) is 31.0 Å². The van der Waals surface area contributed by atoms with Crippen molar-refractivity contribution in [2.75, 3.05) is 18.8 Å². The molecular formula is C12H20N4O4S. The summed E-state index contributed by atoms with van der Waals surface area (Å²) in [7, 11) is -3.44. The van der Waals surface area contributed by atoms with Crippen LogP contribution in [0.2, 0.25) is 0 Å². The Labute approximate surface area is 123 Å². The maximum Gasteiger partial charge on any atom is 0.320 e. The van der Waals surface area contributed by atoms with E-state index in [1.165, 1.54) is 4.31 Å². The third-order valence-corrected chi connectivity index (χ3v) is 5.66. The lowest BCUT2D eigenvalue weighted by Crippen LogP contribution is -2.41. The quantitative estimate of drug-likeness (QED) is 0.662. The molecule has 0 bridgehead atoms. The molecule has 4 N–H and O–H groups in total. The van der Waals surface area contributed by atoms with Gasteiger partial charge in [0, 0.05) is 31.4 Å². The number of nitrogens with zero attached hydrogens (tertiary/aromatic N) is 2. The minimum Gasteiger partial charge on any atom is -0.480 e. The number of nitrogens with one attached hydrogen (secondary N) is 1. The highest BCUT2D eigenvalue weighted by molar-refractivity contribution is 7.89. The van der Waals surface area contributed by atoms with Crippen LogP contribution in [0, 0.1) is 0 Å². The molecule has 21 heavy (non-hydrogen) atoms. The normalized spacial score (nSPS) is 19.5. The van der Waals surface area contributed by atoms with Gasteiger partial charge in [0.05, 0.1) is 5.75 Å². The van der Waals surface area contributed by atoms with Gasteiger partial charge in [-0.1, -0.05) is 0 Å². The zero-order valence-electron chi connectivity index (χ0n) is 11.6. The summed E-state index contributed by atoms with van der Waals surface area (Å²) >= 11 is 0. The molecule has 1 aliphatic heterocycles. The summed E-state index contributed by atoms with van der Waals surface area (Å²) < 4.78 is 25.7. The summed E-state index contributed by atoms with van der Waals surface area (Å²) in [5, 5.41) is 8.69. The molecule has 1 aliphatic rings. The molecule has 1 fully saturated rings. The smallest absolute Gasteiger partial charge is 0.320 e. The van der Waals surface area contributed by atoms with Crippen molar-refractivity contribution >= 4 is 16.0 Å². The lowest BCUT2D eigenvalue weighted by atomic mass is 9.98. The minimum atomic E-state index is -3.44. The first-order chi connectivity index (χ1) is 9.90. The zero-order valence-corrected chi connectivity index (χ0v) is 12.4. The lowest BCUT2D eigenvalue weighted by Gasteiger charge is -2.30. The average Bonchev–Trinajstić information content (AvgIpc) is 2.99. The summed E-state index contributed by atoms with van der Waals surface area (Å²) in [4.78, 5) is 17.9.